The first-order valence-corrected chi connectivity index (χ1v) is 9.34. The van der Waals surface area contributed by atoms with Gasteiger partial charge in [-0.25, -0.2) is 0 Å². The van der Waals surface area contributed by atoms with E-state index in [1.807, 2.05) is 14.1 Å². The van der Waals surface area contributed by atoms with E-state index in [4.69, 9.17) is 4.42 Å². The Balaban J connectivity index is 1.43. The number of piperidine rings is 1. The summed E-state index contributed by atoms with van der Waals surface area (Å²) in [5.41, 5.74) is 2.92. The van der Waals surface area contributed by atoms with Crippen LogP contribution in [0.15, 0.2) is 47.3 Å². The number of rotatable bonds is 6. The average Bonchev–Trinajstić information content (AvgIpc) is 3.21. The van der Waals surface area contributed by atoms with Gasteiger partial charge in [0.15, 0.2) is 0 Å². The van der Waals surface area contributed by atoms with Crippen LogP contribution in [0.1, 0.15) is 34.3 Å². The summed E-state index contributed by atoms with van der Waals surface area (Å²) in [6, 6.07) is 9.99. The molecule has 144 valence electrons. The predicted molar refractivity (Wildman–Crippen MR) is 103 cm³/mol. The normalized spacial score (nSPS) is 15.1. The van der Waals surface area contributed by atoms with Crippen LogP contribution in [0.4, 0.5) is 0 Å². The van der Waals surface area contributed by atoms with Crippen molar-refractivity contribution in [3.8, 4) is 0 Å². The molecular weight excluding hydrogens is 342 g/mol. The molecule has 1 aromatic heterocycles. The summed E-state index contributed by atoms with van der Waals surface area (Å²) in [4.78, 5) is 28.7. The minimum Gasteiger partial charge on any atom is -0.472 e. The number of likely N-dealkylation sites (tertiary alicyclic amines) is 1. The second-order valence-electron chi connectivity index (χ2n) is 7.35. The van der Waals surface area contributed by atoms with Gasteiger partial charge in [0.1, 0.15) is 6.26 Å². The molecule has 0 unspecified atom stereocenters. The Labute approximate surface area is 160 Å². The van der Waals surface area contributed by atoms with Gasteiger partial charge in [-0.15, -0.1) is 0 Å². The zero-order valence-corrected chi connectivity index (χ0v) is 16.0. The topological polar surface area (TPSA) is 65.8 Å². The third kappa shape index (κ3) is 5.20. The smallest absolute Gasteiger partial charge is 0.257 e. The summed E-state index contributed by atoms with van der Waals surface area (Å²) in [6.07, 6.45) is 4.35. The molecule has 1 aliphatic heterocycles. The van der Waals surface area contributed by atoms with Crippen molar-refractivity contribution < 1.29 is 14.0 Å². The van der Waals surface area contributed by atoms with Gasteiger partial charge in [0.05, 0.1) is 11.8 Å². The molecule has 0 aliphatic carbocycles. The highest BCUT2D eigenvalue weighted by Gasteiger charge is 2.27. The summed E-state index contributed by atoms with van der Waals surface area (Å²) < 4.78 is 4.97. The van der Waals surface area contributed by atoms with Crippen LogP contribution in [0.2, 0.25) is 0 Å². The van der Waals surface area contributed by atoms with E-state index in [2.05, 4.69) is 34.5 Å². The Morgan fingerprint density at radius 1 is 1.11 bits per heavy atom. The SMILES string of the molecule is CN(C)Cc1ccc(CNC(=O)C2CCN(C(=O)c3ccoc3)CC2)cc1. The molecular formula is C21H27N3O3. The highest BCUT2D eigenvalue weighted by Crippen LogP contribution is 2.19. The molecule has 0 saturated carbocycles. The van der Waals surface area contributed by atoms with Crippen LogP contribution in [-0.2, 0) is 17.9 Å². The maximum Gasteiger partial charge on any atom is 0.257 e. The standard InChI is InChI=1S/C21H27N3O3/c1-23(2)14-17-5-3-16(4-6-17)13-22-20(25)18-7-10-24(11-8-18)21(26)19-9-12-27-15-19/h3-6,9,12,15,18H,7-8,10-11,13-14H2,1-2H3,(H,22,25). The van der Waals surface area contributed by atoms with Crippen molar-refractivity contribution in [2.75, 3.05) is 27.2 Å². The van der Waals surface area contributed by atoms with E-state index < -0.39 is 0 Å². The first-order valence-electron chi connectivity index (χ1n) is 9.34. The number of hydrogen-bond donors (Lipinski definition) is 1. The molecule has 2 aromatic rings. The Kier molecular flexibility index (Phi) is 6.29. The molecule has 27 heavy (non-hydrogen) atoms. The molecule has 0 atom stereocenters. The van der Waals surface area contributed by atoms with Gasteiger partial charge in [-0.05, 0) is 44.1 Å². The van der Waals surface area contributed by atoms with Crippen LogP contribution >= 0.6 is 0 Å². The Bertz CT molecular complexity index is 745. The summed E-state index contributed by atoms with van der Waals surface area (Å²) >= 11 is 0. The minimum atomic E-state index is -0.0357. The molecule has 6 heteroatoms. The van der Waals surface area contributed by atoms with Crippen molar-refractivity contribution in [2.45, 2.75) is 25.9 Å². The van der Waals surface area contributed by atoms with E-state index >= 15 is 0 Å². The summed E-state index contributed by atoms with van der Waals surface area (Å²) in [7, 11) is 4.09. The number of hydrogen-bond acceptors (Lipinski definition) is 4. The van der Waals surface area contributed by atoms with E-state index in [9.17, 15) is 9.59 Å². The highest BCUT2D eigenvalue weighted by molar-refractivity contribution is 5.94. The lowest BCUT2D eigenvalue weighted by Gasteiger charge is -2.31. The lowest BCUT2D eigenvalue weighted by Crippen LogP contribution is -2.42. The average molecular weight is 369 g/mol. The number of benzene rings is 1. The van der Waals surface area contributed by atoms with Crippen molar-refractivity contribution in [3.63, 3.8) is 0 Å². The summed E-state index contributed by atoms with van der Waals surface area (Å²) in [6.45, 7) is 2.64. The number of furan rings is 1. The Morgan fingerprint density at radius 2 is 1.78 bits per heavy atom. The fourth-order valence-electron chi connectivity index (χ4n) is 3.37. The first-order chi connectivity index (χ1) is 13.0. The maximum absolute atomic E-state index is 12.5. The molecule has 0 radical (unpaired) electrons. The molecule has 1 aliphatic rings. The van der Waals surface area contributed by atoms with Gasteiger partial charge in [0.2, 0.25) is 5.91 Å². The zero-order chi connectivity index (χ0) is 19.2. The molecule has 1 saturated heterocycles. The molecule has 2 heterocycles. The van der Waals surface area contributed by atoms with Gasteiger partial charge in [-0.2, -0.15) is 0 Å². The largest absolute Gasteiger partial charge is 0.472 e. The number of nitrogens with zero attached hydrogens (tertiary/aromatic N) is 2. The van der Waals surface area contributed by atoms with Gasteiger partial charge in [0.25, 0.3) is 5.91 Å². The van der Waals surface area contributed by atoms with Gasteiger partial charge in [0, 0.05) is 32.1 Å². The molecule has 0 bridgehead atoms. The number of carbonyl (C=O) groups excluding carboxylic acids is 2. The van der Waals surface area contributed by atoms with Crippen molar-refractivity contribution in [1.82, 2.24) is 15.1 Å². The zero-order valence-electron chi connectivity index (χ0n) is 16.0. The van der Waals surface area contributed by atoms with Crippen LogP contribution in [0, 0.1) is 5.92 Å². The Morgan fingerprint density at radius 3 is 2.37 bits per heavy atom. The summed E-state index contributed by atoms with van der Waals surface area (Å²) in [5.74, 6) is 0.00890. The van der Waals surface area contributed by atoms with Crippen molar-refractivity contribution in [2.24, 2.45) is 5.92 Å². The predicted octanol–water partition coefficient (Wildman–Crippen LogP) is 2.51. The van der Waals surface area contributed by atoms with E-state index in [1.54, 1.807) is 11.0 Å². The van der Waals surface area contributed by atoms with Gasteiger partial charge < -0.3 is 19.5 Å². The van der Waals surface area contributed by atoms with Crippen LogP contribution in [0.3, 0.4) is 0 Å². The van der Waals surface area contributed by atoms with Crippen LogP contribution < -0.4 is 5.32 Å². The van der Waals surface area contributed by atoms with E-state index in [1.165, 1.54) is 18.1 Å². The van der Waals surface area contributed by atoms with E-state index in [0.717, 1.165) is 12.1 Å². The van der Waals surface area contributed by atoms with Gasteiger partial charge in [-0.3, -0.25) is 9.59 Å². The molecule has 1 fully saturated rings. The quantitative estimate of drug-likeness (QED) is 0.850. The number of carbonyl (C=O) groups is 2. The second kappa shape index (κ2) is 8.86. The molecule has 2 amide bonds. The van der Waals surface area contributed by atoms with Crippen molar-refractivity contribution in [1.29, 1.82) is 0 Å². The fraction of sp³-hybridized carbons (Fsp3) is 0.429. The molecule has 3 rings (SSSR count). The number of nitrogens with one attached hydrogen (secondary N) is 1. The number of amides is 2. The van der Waals surface area contributed by atoms with Gasteiger partial charge in [-0.1, -0.05) is 24.3 Å². The van der Waals surface area contributed by atoms with Crippen LogP contribution in [0.25, 0.3) is 0 Å². The van der Waals surface area contributed by atoms with E-state index in [-0.39, 0.29) is 17.7 Å². The lowest BCUT2D eigenvalue weighted by molar-refractivity contribution is -0.126. The lowest BCUT2D eigenvalue weighted by atomic mass is 9.95. The van der Waals surface area contributed by atoms with Crippen LogP contribution in [0.5, 0.6) is 0 Å². The van der Waals surface area contributed by atoms with E-state index in [0.29, 0.717) is 38.0 Å². The first kappa shape index (κ1) is 19.2. The van der Waals surface area contributed by atoms with Crippen molar-refractivity contribution in [3.05, 3.63) is 59.5 Å². The molecule has 1 aromatic carbocycles. The maximum atomic E-state index is 12.5. The van der Waals surface area contributed by atoms with Gasteiger partial charge >= 0.3 is 0 Å². The monoisotopic (exact) mass is 369 g/mol. The highest BCUT2D eigenvalue weighted by atomic mass is 16.3. The van der Waals surface area contributed by atoms with Crippen LogP contribution in [-0.4, -0.2) is 48.8 Å². The third-order valence-electron chi connectivity index (χ3n) is 4.91. The molecule has 0 spiro atoms. The third-order valence-corrected chi connectivity index (χ3v) is 4.91. The minimum absolute atomic E-state index is 0.0274. The fourth-order valence-corrected chi connectivity index (χ4v) is 3.37. The molecule has 1 N–H and O–H groups in total. The van der Waals surface area contributed by atoms with Crippen molar-refractivity contribution >= 4 is 11.8 Å². The Hall–Kier alpha value is -2.60. The second-order valence-corrected chi connectivity index (χ2v) is 7.35. The summed E-state index contributed by atoms with van der Waals surface area (Å²) in [5, 5.41) is 3.03. The molecule has 6 nitrogen and oxygen atoms in total.